The molecule has 240 valence electrons. The van der Waals surface area contributed by atoms with Crippen molar-refractivity contribution in [2.24, 2.45) is 11.8 Å². The van der Waals surface area contributed by atoms with Crippen molar-refractivity contribution in [3.8, 4) is 11.5 Å². The molecule has 0 radical (unpaired) electrons. The average Bonchev–Trinajstić information content (AvgIpc) is 2.97. The minimum atomic E-state index is -4.69. The number of benzene rings is 2. The molecule has 42 heavy (non-hydrogen) atoms. The number of aliphatic hydroxyl groups excluding tert-OH is 2. The fourth-order valence-electron chi connectivity index (χ4n) is 4.73. The summed E-state index contributed by atoms with van der Waals surface area (Å²) in [6, 6.07) is 7.92. The largest absolute Gasteiger partial charge is 0.491 e. The van der Waals surface area contributed by atoms with Crippen LogP contribution in [0.5, 0.6) is 11.5 Å². The first-order valence-corrected chi connectivity index (χ1v) is 16.9. The summed E-state index contributed by atoms with van der Waals surface area (Å²) in [5, 5.41) is 21.5. The summed E-state index contributed by atoms with van der Waals surface area (Å²) in [7, 11) is -4.69. The highest BCUT2D eigenvalue weighted by Gasteiger charge is 2.22. The van der Waals surface area contributed by atoms with E-state index in [-0.39, 0.29) is 37.6 Å². The van der Waals surface area contributed by atoms with Gasteiger partial charge >= 0.3 is 0 Å². The molecule has 0 aliphatic heterocycles. The summed E-state index contributed by atoms with van der Waals surface area (Å²) in [6.07, 6.45) is 6.92. The van der Waals surface area contributed by atoms with E-state index in [1.54, 1.807) is 18.2 Å². The molecule has 0 aliphatic rings. The Hall–Kier alpha value is -1.95. The zero-order valence-corrected chi connectivity index (χ0v) is 26.6. The Bertz CT molecular complexity index is 1130. The van der Waals surface area contributed by atoms with Crippen LogP contribution in [0, 0.1) is 11.8 Å². The van der Waals surface area contributed by atoms with Crippen molar-refractivity contribution in [1.29, 1.82) is 0 Å². The molecule has 0 bridgehead atoms. The Morgan fingerprint density at radius 2 is 1.24 bits per heavy atom. The molecular formula is C32H52O9S. The molecule has 0 fully saturated rings. The Balaban J connectivity index is 2.01. The van der Waals surface area contributed by atoms with Gasteiger partial charge in [0.05, 0.1) is 13.2 Å². The highest BCUT2D eigenvalue weighted by atomic mass is 32.2. The smallest absolute Gasteiger partial charge is 0.298 e. The van der Waals surface area contributed by atoms with E-state index in [1.165, 1.54) is 12.1 Å². The van der Waals surface area contributed by atoms with E-state index in [9.17, 15) is 23.2 Å². The van der Waals surface area contributed by atoms with Gasteiger partial charge in [-0.15, -0.1) is 0 Å². The van der Waals surface area contributed by atoms with Crippen LogP contribution in [-0.4, -0.2) is 75.0 Å². The van der Waals surface area contributed by atoms with Gasteiger partial charge in [0.15, 0.2) is 0 Å². The van der Waals surface area contributed by atoms with Gasteiger partial charge in [0.25, 0.3) is 10.1 Å². The van der Waals surface area contributed by atoms with E-state index in [4.69, 9.17) is 18.9 Å². The first-order chi connectivity index (χ1) is 20.1. The van der Waals surface area contributed by atoms with E-state index in [2.05, 4.69) is 27.7 Å². The number of rotatable bonds is 23. The van der Waals surface area contributed by atoms with Crippen LogP contribution in [-0.2, 0) is 19.6 Å². The fourth-order valence-corrected chi connectivity index (χ4v) is 5.57. The maximum absolute atomic E-state index is 12.4. The second-order valence-corrected chi connectivity index (χ2v) is 12.4. The molecule has 2 aromatic carbocycles. The number of fused-ring (bicyclic) bond motifs is 1. The maximum Gasteiger partial charge on any atom is 0.298 e. The number of aliphatic hydroxyl groups is 2. The van der Waals surface area contributed by atoms with Crippen molar-refractivity contribution < 1.29 is 42.1 Å². The molecule has 4 unspecified atom stereocenters. The molecule has 10 heteroatoms. The van der Waals surface area contributed by atoms with Crippen LogP contribution in [0.1, 0.15) is 79.1 Å². The van der Waals surface area contributed by atoms with Crippen molar-refractivity contribution in [2.75, 3.05) is 39.6 Å². The summed E-state index contributed by atoms with van der Waals surface area (Å²) >= 11 is 0. The fraction of sp³-hybridized carbons (Fsp3) is 0.688. The average molecular weight is 613 g/mol. The van der Waals surface area contributed by atoms with Crippen LogP contribution < -0.4 is 9.47 Å². The molecule has 9 nitrogen and oxygen atoms in total. The van der Waals surface area contributed by atoms with Crippen molar-refractivity contribution in [2.45, 2.75) is 96.2 Å². The Labute approximate surface area is 252 Å². The van der Waals surface area contributed by atoms with E-state index >= 15 is 0 Å². The summed E-state index contributed by atoms with van der Waals surface area (Å²) in [5.41, 5.74) is 0. The van der Waals surface area contributed by atoms with Gasteiger partial charge in [-0.2, -0.15) is 8.42 Å². The van der Waals surface area contributed by atoms with Gasteiger partial charge in [-0.1, -0.05) is 78.4 Å². The van der Waals surface area contributed by atoms with E-state index in [0.29, 0.717) is 36.2 Å². The molecule has 0 saturated carbocycles. The molecule has 2 rings (SSSR count). The molecular weight excluding hydrogens is 560 g/mol. The lowest BCUT2D eigenvalue weighted by atomic mass is 10.0. The van der Waals surface area contributed by atoms with E-state index in [1.807, 2.05) is 0 Å². The minimum absolute atomic E-state index is 0.0435. The van der Waals surface area contributed by atoms with Crippen LogP contribution in [0.15, 0.2) is 35.2 Å². The summed E-state index contributed by atoms with van der Waals surface area (Å²) in [6.45, 7) is 9.62. The second kappa shape index (κ2) is 19.4. The van der Waals surface area contributed by atoms with Crippen LogP contribution >= 0.6 is 0 Å². The molecule has 0 aromatic heterocycles. The van der Waals surface area contributed by atoms with Crippen molar-refractivity contribution in [3.05, 3.63) is 30.3 Å². The van der Waals surface area contributed by atoms with Gasteiger partial charge in [0.1, 0.15) is 41.8 Å². The lowest BCUT2D eigenvalue weighted by Crippen LogP contribution is -2.25. The van der Waals surface area contributed by atoms with Gasteiger partial charge in [0, 0.05) is 18.6 Å². The van der Waals surface area contributed by atoms with Gasteiger partial charge in [-0.05, 0) is 48.3 Å². The SMILES string of the molecule is CCCCC(CC)COCC(O)COc1ccc2ccc(OCC(O)COCC(CC)CCCC)c(S(=O)(=O)O)c2c1. The number of unbranched alkanes of at least 4 members (excludes halogenated alkanes) is 2. The number of hydrogen-bond donors (Lipinski definition) is 3. The highest BCUT2D eigenvalue weighted by Crippen LogP contribution is 2.34. The van der Waals surface area contributed by atoms with Crippen LogP contribution in [0.25, 0.3) is 10.8 Å². The Kier molecular flexibility index (Phi) is 16.7. The van der Waals surface area contributed by atoms with Crippen molar-refractivity contribution in [3.63, 3.8) is 0 Å². The van der Waals surface area contributed by atoms with Crippen LogP contribution in [0.3, 0.4) is 0 Å². The van der Waals surface area contributed by atoms with Gasteiger partial charge < -0.3 is 29.2 Å². The molecule has 0 saturated heterocycles. The van der Waals surface area contributed by atoms with E-state index < -0.39 is 27.2 Å². The summed E-state index contributed by atoms with van der Waals surface area (Å²) < 4.78 is 57.6. The Morgan fingerprint density at radius 3 is 1.74 bits per heavy atom. The van der Waals surface area contributed by atoms with Crippen molar-refractivity contribution in [1.82, 2.24) is 0 Å². The van der Waals surface area contributed by atoms with Crippen LogP contribution in [0.2, 0.25) is 0 Å². The van der Waals surface area contributed by atoms with Gasteiger partial charge in [-0.3, -0.25) is 4.55 Å². The normalized spacial score (nSPS) is 14.9. The quantitative estimate of drug-likeness (QED) is 0.129. The molecule has 3 N–H and O–H groups in total. The van der Waals surface area contributed by atoms with E-state index in [0.717, 1.165) is 51.4 Å². The number of ether oxygens (including phenoxy) is 4. The van der Waals surface area contributed by atoms with Crippen molar-refractivity contribution >= 4 is 20.9 Å². The second-order valence-electron chi connectivity index (χ2n) is 11.1. The maximum atomic E-state index is 12.4. The molecule has 0 heterocycles. The predicted octanol–water partition coefficient (Wildman–Crippen LogP) is 6.03. The molecule has 4 atom stereocenters. The highest BCUT2D eigenvalue weighted by molar-refractivity contribution is 7.86. The molecule has 2 aromatic rings. The molecule has 0 aliphatic carbocycles. The molecule has 0 amide bonds. The third-order valence-corrected chi connectivity index (χ3v) is 8.39. The Morgan fingerprint density at radius 1 is 0.714 bits per heavy atom. The van der Waals surface area contributed by atoms with Crippen LogP contribution in [0.4, 0.5) is 0 Å². The standard InChI is InChI=1S/C32H52O9S/c1-5-9-11-24(7-3)18-38-20-27(33)22-40-29-15-13-26-14-16-31(32(30(26)17-29)42(35,36)37)41-23-28(34)21-39-19-25(8-4)12-10-6-2/h13-17,24-25,27-28,33-34H,5-12,18-23H2,1-4H3,(H,35,36,37). The van der Waals surface area contributed by atoms with Gasteiger partial charge in [0.2, 0.25) is 0 Å². The summed E-state index contributed by atoms with van der Waals surface area (Å²) in [5.74, 6) is 1.13. The zero-order chi connectivity index (χ0) is 31.0. The minimum Gasteiger partial charge on any atom is -0.491 e. The lowest BCUT2D eigenvalue weighted by molar-refractivity contribution is -0.00154. The first-order valence-electron chi connectivity index (χ1n) is 15.4. The summed E-state index contributed by atoms with van der Waals surface area (Å²) in [4.78, 5) is -0.411. The monoisotopic (exact) mass is 612 g/mol. The topological polar surface area (TPSA) is 132 Å². The third-order valence-electron chi connectivity index (χ3n) is 7.45. The number of hydrogen-bond acceptors (Lipinski definition) is 8. The molecule has 0 spiro atoms. The predicted molar refractivity (Wildman–Crippen MR) is 165 cm³/mol. The lowest BCUT2D eigenvalue weighted by Gasteiger charge is -2.18. The third kappa shape index (κ3) is 12.7. The zero-order valence-electron chi connectivity index (χ0n) is 25.8. The van der Waals surface area contributed by atoms with Gasteiger partial charge in [-0.25, -0.2) is 0 Å². The first kappa shape index (κ1) is 36.2.